The van der Waals surface area contributed by atoms with Gasteiger partial charge in [0.05, 0.1) is 23.0 Å². The molecule has 0 aliphatic heterocycles. The summed E-state index contributed by atoms with van der Waals surface area (Å²) in [7, 11) is -3.78. The molecule has 1 N–H and O–H groups in total. The molecule has 1 rings (SSSR count). The monoisotopic (exact) mass is 314 g/mol. The van der Waals surface area contributed by atoms with Crippen molar-refractivity contribution >= 4 is 10.0 Å². The smallest absolute Gasteiger partial charge is 0.218 e. The molecule has 21 heavy (non-hydrogen) atoms. The van der Waals surface area contributed by atoms with Gasteiger partial charge < -0.3 is 5.11 Å². The average molecular weight is 314 g/mol. The normalized spacial score (nSPS) is 12.4. The van der Waals surface area contributed by atoms with E-state index in [1.54, 1.807) is 6.92 Å². The van der Waals surface area contributed by atoms with Gasteiger partial charge in [0.25, 0.3) is 0 Å². The van der Waals surface area contributed by atoms with Crippen molar-refractivity contribution in [3.05, 3.63) is 35.1 Å². The van der Waals surface area contributed by atoms with Crippen LogP contribution < -0.4 is 0 Å². The number of likely N-dealkylation sites (N-methyl/N-ethyl adjacent to an activating group) is 1. The Kier molecular flexibility index (Phi) is 5.45. The van der Waals surface area contributed by atoms with Crippen molar-refractivity contribution in [3.8, 4) is 6.07 Å². The number of nitriles is 1. The van der Waals surface area contributed by atoms with Gasteiger partial charge in [-0.15, -0.1) is 0 Å². The molecule has 0 aliphatic rings. The van der Waals surface area contributed by atoms with E-state index in [9.17, 15) is 17.9 Å². The van der Waals surface area contributed by atoms with Crippen LogP contribution >= 0.6 is 0 Å². The molecule has 0 fully saturated rings. The highest BCUT2D eigenvalue weighted by molar-refractivity contribution is 7.88. The summed E-state index contributed by atoms with van der Waals surface area (Å²) >= 11 is 0. The van der Waals surface area contributed by atoms with Crippen LogP contribution in [-0.4, -0.2) is 36.5 Å². The quantitative estimate of drug-likeness (QED) is 0.865. The Labute approximate surface area is 124 Å². The van der Waals surface area contributed by atoms with E-state index in [0.29, 0.717) is 0 Å². The molecule has 0 amide bonds. The second-order valence-electron chi connectivity index (χ2n) is 5.41. The van der Waals surface area contributed by atoms with Crippen molar-refractivity contribution < 1.29 is 17.9 Å². The summed E-state index contributed by atoms with van der Waals surface area (Å²) in [6, 6.07) is 5.44. The molecule has 0 spiro atoms. The topological polar surface area (TPSA) is 81.4 Å². The van der Waals surface area contributed by atoms with Gasteiger partial charge >= 0.3 is 0 Å². The first-order chi connectivity index (χ1) is 9.59. The summed E-state index contributed by atoms with van der Waals surface area (Å²) in [5.41, 5.74) is -1.04. The molecule has 0 atom stereocenters. The van der Waals surface area contributed by atoms with Gasteiger partial charge in [0.1, 0.15) is 5.82 Å². The van der Waals surface area contributed by atoms with Crippen LogP contribution in [0.3, 0.4) is 0 Å². The fourth-order valence-corrected chi connectivity index (χ4v) is 3.58. The number of sulfonamides is 1. The molecule has 5 nitrogen and oxygen atoms in total. The molecular formula is C14H19FN2O3S. The van der Waals surface area contributed by atoms with Gasteiger partial charge in [0.2, 0.25) is 10.0 Å². The van der Waals surface area contributed by atoms with Crippen molar-refractivity contribution in [3.63, 3.8) is 0 Å². The Bertz CT molecular complexity index is 645. The third kappa shape index (κ3) is 5.08. The minimum Gasteiger partial charge on any atom is -0.389 e. The molecule has 0 saturated carbocycles. The molecule has 0 radical (unpaired) electrons. The predicted octanol–water partition coefficient (Wildman–Crippen LogP) is 1.62. The summed E-state index contributed by atoms with van der Waals surface area (Å²) < 4.78 is 39.5. The van der Waals surface area contributed by atoms with Crippen LogP contribution in [0.4, 0.5) is 4.39 Å². The van der Waals surface area contributed by atoms with E-state index in [1.165, 1.54) is 26.0 Å². The Morgan fingerprint density at radius 2 is 2.05 bits per heavy atom. The Morgan fingerprint density at radius 1 is 1.43 bits per heavy atom. The first-order valence-electron chi connectivity index (χ1n) is 6.48. The van der Waals surface area contributed by atoms with Crippen molar-refractivity contribution in [2.24, 2.45) is 0 Å². The standard InChI is InChI=1S/C14H19FN2O3S/c1-4-17(10-14(2,3)18)21(19,20)9-12-7-11(8-16)5-6-13(12)15/h5-7,18H,4,9-10H2,1-3H3. The molecule has 0 bridgehead atoms. The predicted molar refractivity (Wildman–Crippen MR) is 77.3 cm³/mol. The molecule has 7 heteroatoms. The van der Waals surface area contributed by atoms with Crippen LogP contribution in [0, 0.1) is 17.1 Å². The molecular weight excluding hydrogens is 295 g/mol. The lowest BCUT2D eigenvalue weighted by molar-refractivity contribution is 0.0601. The minimum absolute atomic E-state index is 0.0526. The van der Waals surface area contributed by atoms with E-state index >= 15 is 0 Å². The lowest BCUT2D eigenvalue weighted by Gasteiger charge is -2.27. The van der Waals surface area contributed by atoms with E-state index in [4.69, 9.17) is 5.26 Å². The first kappa shape index (κ1) is 17.6. The van der Waals surface area contributed by atoms with Crippen LogP contribution in [0.15, 0.2) is 18.2 Å². The minimum atomic E-state index is -3.78. The maximum Gasteiger partial charge on any atom is 0.218 e. The van der Waals surface area contributed by atoms with Gasteiger partial charge in [-0.2, -0.15) is 9.57 Å². The van der Waals surface area contributed by atoms with Crippen LogP contribution in [0.5, 0.6) is 0 Å². The number of nitrogens with zero attached hydrogens (tertiary/aromatic N) is 2. The Hall–Kier alpha value is -1.49. The number of rotatable bonds is 6. The van der Waals surface area contributed by atoms with E-state index in [-0.39, 0.29) is 24.2 Å². The molecule has 1 aromatic carbocycles. The van der Waals surface area contributed by atoms with E-state index < -0.39 is 27.2 Å². The number of hydrogen-bond acceptors (Lipinski definition) is 4. The first-order valence-corrected chi connectivity index (χ1v) is 8.08. The lowest BCUT2D eigenvalue weighted by Crippen LogP contribution is -2.42. The molecule has 1 aromatic rings. The van der Waals surface area contributed by atoms with Crippen LogP contribution in [0.25, 0.3) is 0 Å². The highest BCUT2D eigenvalue weighted by Gasteiger charge is 2.27. The van der Waals surface area contributed by atoms with Crippen LogP contribution in [0.1, 0.15) is 31.9 Å². The summed E-state index contributed by atoms with van der Waals surface area (Å²) in [4.78, 5) is 0. The molecule has 0 unspecified atom stereocenters. The van der Waals surface area contributed by atoms with Crippen molar-refractivity contribution in [1.82, 2.24) is 4.31 Å². The van der Waals surface area contributed by atoms with Crippen LogP contribution in [0.2, 0.25) is 0 Å². The third-order valence-electron chi connectivity index (χ3n) is 2.82. The van der Waals surface area contributed by atoms with Gasteiger partial charge in [-0.1, -0.05) is 6.92 Å². The van der Waals surface area contributed by atoms with Crippen LogP contribution in [-0.2, 0) is 15.8 Å². The fourth-order valence-electron chi connectivity index (χ4n) is 1.88. The summed E-state index contributed by atoms with van der Waals surface area (Å²) in [5.74, 6) is -1.21. The maximum atomic E-state index is 13.7. The fraction of sp³-hybridized carbons (Fsp3) is 0.500. The lowest BCUT2D eigenvalue weighted by atomic mass is 10.1. The summed E-state index contributed by atoms with van der Waals surface area (Å²) in [5, 5.41) is 18.6. The van der Waals surface area contributed by atoms with Crippen molar-refractivity contribution in [2.45, 2.75) is 32.1 Å². The maximum absolute atomic E-state index is 13.7. The zero-order valence-electron chi connectivity index (χ0n) is 12.3. The largest absolute Gasteiger partial charge is 0.389 e. The highest BCUT2D eigenvalue weighted by Crippen LogP contribution is 2.18. The van der Waals surface area contributed by atoms with Gasteiger partial charge in [0, 0.05) is 18.7 Å². The van der Waals surface area contributed by atoms with Gasteiger partial charge in [-0.3, -0.25) is 0 Å². The number of hydrogen-bond donors (Lipinski definition) is 1. The molecule has 116 valence electrons. The van der Waals surface area contributed by atoms with Gasteiger partial charge in [0.15, 0.2) is 0 Å². The summed E-state index contributed by atoms with van der Waals surface area (Å²) in [6.45, 7) is 4.74. The van der Waals surface area contributed by atoms with E-state index in [2.05, 4.69) is 0 Å². The zero-order valence-corrected chi connectivity index (χ0v) is 13.1. The van der Waals surface area contributed by atoms with Gasteiger partial charge in [-0.25, -0.2) is 12.8 Å². The average Bonchev–Trinajstić information content (AvgIpc) is 2.37. The SMILES string of the molecule is CCN(CC(C)(C)O)S(=O)(=O)Cc1cc(C#N)ccc1F. The summed E-state index contributed by atoms with van der Waals surface area (Å²) in [6.07, 6.45) is 0. The second-order valence-corrected chi connectivity index (χ2v) is 7.38. The molecule has 0 aromatic heterocycles. The molecule has 0 aliphatic carbocycles. The Morgan fingerprint density at radius 3 is 2.52 bits per heavy atom. The molecule has 0 saturated heterocycles. The number of benzene rings is 1. The third-order valence-corrected chi connectivity index (χ3v) is 4.67. The van der Waals surface area contributed by atoms with Crippen molar-refractivity contribution in [2.75, 3.05) is 13.1 Å². The van der Waals surface area contributed by atoms with Crippen molar-refractivity contribution in [1.29, 1.82) is 5.26 Å². The molecule has 0 heterocycles. The highest BCUT2D eigenvalue weighted by atomic mass is 32.2. The zero-order chi connectivity index (χ0) is 16.3. The second kappa shape index (κ2) is 6.52. The number of aliphatic hydroxyl groups is 1. The van der Waals surface area contributed by atoms with E-state index in [0.717, 1.165) is 10.4 Å². The number of halogens is 1. The Balaban J connectivity index is 3.07. The van der Waals surface area contributed by atoms with E-state index in [1.807, 2.05) is 6.07 Å². The van der Waals surface area contributed by atoms with Gasteiger partial charge in [-0.05, 0) is 32.0 Å².